The standard InChI is InChI=1S/C19H16F2N2O3S2/c1-25-15-5-3-11(7-16(15)26-2)14-9-28-19(22-14)23-18(24)10-27-17-6-4-12(20)8-13(17)21/h3-9H,10H2,1-2H3,(H,22,23,24). The van der Waals surface area contributed by atoms with Gasteiger partial charge in [0, 0.05) is 21.9 Å². The van der Waals surface area contributed by atoms with Crippen molar-refractivity contribution in [1.29, 1.82) is 0 Å². The first-order chi connectivity index (χ1) is 13.5. The second-order valence-corrected chi connectivity index (χ2v) is 7.39. The molecule has 1 aromatic heterocycles. The third kappa shape index (κ3) is 4.79. The molecule has 0 unspecified atom stereocenters. The molecule has 9 heteroatoms. The maximum absolute atomic E-state index is 13.6. The Labute approximate surface area is 168 Å². The van der Waals surface area contributed by atoms with Crippen molar-refractivity contribution in [1.82, 2.24) is 4.98 Å². The minimum atomic E-state index is -0.692. The minimum absolute atomic E-state index is 0.0200. The summed E-state index contributed by atoms with van der Waals surface area (Å²) in [6.45, 7) is 0. The number of benzene rings is 2. The van der Waals surface area contributed by atoms with Crippen LogP contribution in [0, 0.1) is 11.6 Å². The fraction of sp³-hybridized carbons (Fsp3) is 0.158. The molecule has 0 fully saturated rings. The first-order valence-electron chi connectivity index (χ1n) is 8.05. The molecule has 28 heavy (non-hydrogen) atoms. The molecule has 1 amide bonds. The highest BCUT2D eigenvalue weighted by atomic mass is 32.2. The number of thiazole rings is 1. The van der Waals surface area contributed by atoms with Crippen molar-refractivity contribution < 1.29 is 23.0 Å². The zero-order chi connectivity index (χ0) is 20.1. The van der Waals surface area contributed by atoms with Gasteiger partial charge in [-0.25, -0.2) is 13.8 Å². The van der Waals surface area contributed by atoms with Crippen LogP contribution in [-0.4, -0.2) is 30.9 Å². The van der Waals surface area contributed by atoms with Crippen molar-refractivity contribution in [3.8, 4) is 22.8 Å². The third-order valence-corrected chi connectivity index (χ3v) is 5.49. The number of methoxy groups -OCH3 is 2. The average molecular weight is 422 g/mol. The molecule has 5 nitrogen and oxygen atoms in total. The molecule has 0 spiro atoms. The van der Waals surface area contributed by atoms with Crippen molar-refractivity contribution in [2.24, 2.45) is 0 Å². The molecule has 0 atom stereocenters. The Morgan fingerprint density at radius 2 is 1.93 bits per heavy atom. The molecule has 2 aromatic carbocycles. The van der Waals surface area contributed by atoms with E-state index < -0.39 is 11.6 Å². The topological polar surface area (TPSA) is 60.5 Å². The van der Waals surface area contributed by atoms with Crippen LogP contribution >= 0.6 is 23.1 Å². The van der Waals surface area contributed by atoms with E-state index in [1.807, 2.05) is 11.4 Å². The van der Waals surface area contributed by atoms with Gasteiger partial charge in [-0.2, -0.15) is 0 Å². The van der Waals surface area contributed by atoms with Crippen LogP contribution in [0.25, 0.3) is 11.3 Å². The lowest BCUT2D eigenvalue weighted by Crippen LogP contribution is -2.13. The summed E-state index contributed by atoms with van der Waals surface area (Å²) in [5.74, 6) is -0.508. The molecule has 1 N–H and O–H groups in total. The third-order valence-electron chi connectivity index (χ3n) is 3.68. The van der Waals surface area contributed by atoms with E-state index in [0.717, 1.165) is 29.5 Å². The highest BCUT2D eigenvalue weighted by molar-refractivity contribution is 8.00. The van der Waals surface area contributed by atoms with E-state index in [2.05, 4.69) is 10.3 Å². The predicted molar refractivity (Wildman–Crippen MR) is 106 cm³/mol. The normalized spacial score (nSPS) is 10.6. The van der Waals surface area contributed by atoms with E-state index in [1.54, 1.807) is 26.4 Å². The monoisotopic (exact) mass is 422 g/mol. The summed E-state index contributed by atoms with van der Waals surface area (Å²) >= 11 is 2.26. The van der Waals surface area contributed by atoms with E-state index in [-0.39, 0.29) is 16.6 Å². The summed E-state index contributed by atoms with van der Waals surface area (Å²) in [4.78, 5) is 16.7. The van der Waals surface area contributed by atoms with Crippen molar-refractivity contribution in [3.05, 3.63) is 53.4 Å². The first kappa shape index (κ1) is 20.1. The number of nitrogens with zero attached hydrogens (tertiary/aromatic N) is 1. The van der Waals surface area contributed by atoms with Crippen LogP contribution in [0.15, 0.2) is 46.7 Å². The van der Waals surface area contributed by atoms with Crippen LogP contribution in [0.3, 0.4) is 0 Å². The van der Waals surface area contributed by atoms with E-state index in [0.29, 0.717) is 22.3 Å². The zero-order valence-corrected chi connectivity index (χ0v) is 16.6. The number of carbonyl (C=O) groups excluding carboxylic acids is 1. The van der Waals surface area contributed by atoms with Crippen LogP contribution in [0.2, 0.25) is 0 Å². The molecular weight excluding hydrogens is 406 g/mol. The Balaban J connectivity index is 1.63. The number of hydrogen-bond donors (Lipinski definition) is 1. The number of aromatic nitrogens is 1. The lowest BCUT2D eigenvalue weighted by atomic mass is 10.1. The van der Waals surface area contributed by atoms with Gasteiger partial charge in [-0.3, -0.25) is 4.79 Å². The smallest absolute Gasteiger partial charge is 0.236 e. The van der Waals surface area contributed by atoms with Crippen LogP contribution in [0.1, 0.15) is 0 Å². The largest absolute Gasteiger partial charge is 0.493 e. The molecule has 3 rings (SSSR count). The number of anilines is 1. The van der Waals surface area contributed by atoms with Crippen molar-refractivity contribution in [2.75, 3.05) is 25.3 Å². The van der Waals surface area contributed by atoms with E-state index in [4.69, 9.17) is 9.47 Å². The highest BCUT2D eigenvalue weighted by Gasteiger charge is 2.12. The second-order valence-electron chi connectivity index (χ2n) is 5.52. The molecule has 0 aliphatic rings. The van der Waals surface area contributed by atoms with Gasteiger partial charge < -0.3 is 14.8 Å². The van der Waals surface area contributed by atoms with Gasteiger partial charge >= 0.3 is 0 Å². The Bertz CT molecular complexity index is 995. The molecular formula is C19H16F2N2O3S2. The molecule has 0 aliphatic heterocycles. The maximum Gasteiger partial charge on any atom is 0.236 e. The summed E-state index contributed by atoms with van der Waals surface area (Å²) in [6, 6.07) is 8.67. The number of amides is 1. The molecule has 3 aromatic rings. The minimum Gasteiger partial charge on any atom is -0.493 e. The molecule has 146 valence electrons. The molecule has 0 radical (unpaired) electrons. The number of rotatable bonds is 7. The van der Waals surface area contributed by atoms with E-state index in [9.17, 15) is 13.6 Å². The van der Waals surface area contributed by atoms with Gasteiger partial charge in [-0.05, 0) is 30.3 Å². The van der Waals surface area contributed by atoms with Crippen molar-refractivity contribution >= 4 is 34.1 Å². The van der Waals surface area contributed by atoms with Gasteiger partial charge in [0.15, 0.2) is 16.6 Å². The van der Waals surface area contributed by atoms with E-state index in [1.165, 1.54) is 17.4 Å². The van der Waals surface area contributed by atoms with Crippen LogP contribution in [0.5, 0.6) is 11.5 Å². The Morgan fingerprint density at radius 3 is 2.64 bits per heavy atom. The lowest BCUT2D eigenvalue weighted by molar-refractivity contribution is -0.113. The average Bonchev–Trinajstić information content (AvgIpc) is 3.15. The number of thioether (sulfide) groups is 1. The molecule has 0 bridgehead atoms. The number of hydrogen-bond acceptors (Lipinski definition) is 6. The van der Waals surface area contributed by atoms with Crippen LogP contribution in [0.4, 0.5) is 13.9 Å². The van der Waals surface area contributed by atoms with Crippen molar-refractivity contribution in [2.45, 2.75) is 4.90 Å². The summed E-state index contributed by atoms with van der Waals surface area (Å²) in [6.07, 6.45) is 0. The van der Waals surface area contributed by atoms with Crippen LogP contribution < -0.4 is 14.8 Å². The Kier molecular flexibility index (Phi) is 6.48. The fourth-order valence-corrected chi connectivity index (χ4v) is 3.81. The summed E-state index contributed by atoms with van der Waals surface area (Å²) in [5, 5.41) is 4.91. The van der Waals surface area contributed by atoms with Crippen LogP contribution in [-0.2, 0) is 4.79 Å². The molecule has 0 saturated heterocycles. The molecule has 0 saturated carbocycles. The van der Waals surface area contributed by atoms with Gasteiger partial charge in [0.25, 0.3) is 0 Å². The molecule has 0 aliphatic carbocycles. The van der Waals surface area contributed by atoms with Gasteiger partial charge in [-0.15, -0.1) is 23.1 Å². The van der Waals surface area contributed by atoms with Gasteiger partial charge in [0.1, 0.15) is 11.6 Å². The summed E-state index contributed by atoms with van der Waals surface area (Å²) in [7, 11) is 3.11. The lowest BCUT2D eigenvalue weighted by Gasteiger charge is -2.08. The number of nitrogens with one attached hydrogen (secondary N) is 1. The number of halogens is 2. The molecule has 1 heterocycles. The number of ether oxygens (including phenoxy) is 2. The summed E-state index contributed by atoms with van der Waals surface area (Å²) < 4.78 is 37.0. The Morgan fingerprint density at radius 1 is 1.14 bits per heavy atom. The predicted octanol–water partition coefficient (Wildman–Crippen LogP) is 4.84. The quantitative estimate of drug-likeness (QED) is 0.553. The van der Waals surface area contributed by atoms with Gasteiger partial charge in [0.2, 0.25) is 5.91 Å². The second kappa shape index (κ2) is 9.03. The fourth-order valence-electron chi connectivity index (χ4n) is 2.35. The van der Waals surface area contributed by atoms with Gasteiger partial charge in [0.05, 0.1) is 25.7 Å². The van der Waals surface area contributed by atoms with E-state index >= 15 is 0 Å². The zero-order valence-electron chi connectivity index (χ0n) is 15.0. The SMILES string of the molecule is COc1ccc(-c2csc(NC(=O)CSc3ccc(F)cc3F)n2)cc1OC. The van der Waals surface area contributed by atoms with Gasteiger partial charge in [-0.1, -0.05) is 0 Å². The number of carbonyl (C=O) groups is 1. The summed E-state index contributed by atoms with van der Waals surface area (Å²) in [5.41, 5.74) is 1.50. The first-order valence-corrected chi connectivity index (χ1v) is 9.92. The highest BCUT2D eigenvalue weighted by Crippen LogP contribution is 2.33. The maximum atomic E-state index is 13.6. The van der Waals surface area contributed by atoms with Crippen molar-refractivity contribution in [3.63, 3.8) is 0 Å². The Hall–Kier alpha value is -2.65.